The predicted octanol–water partition coefficient (Wildman–Crippen LogP) is 4.34. The van der Waals surface area contributed by atoms with Gasteiger partial charge in [-0.15, -0.1) is 11.8 Å². The second kappa shape index (κ2) is 8.62. The Bertz CT molecular complexity index is 995. The number of carbonyl (C=O) groups is 1. The maximum Gasteiger partial charge on any atom is 0.280 e. The summed E-state index contributed by atoms with van der Waals surface area (Å²) in [5.41, 5.74) is 1.02. The van der Waals surface area contributed by atoms with Gasteiger partial charge in [0.05, 0.1) is 22.4 Å². The van der Waals surface area contributed by atoms with Crippen molar-refractivity contribution in [2.24, 2.45) is 4.99 Å². The highest BCUT2D eigenvalue weighted by atomic mass is 32.2. The molecule has 1 aromatic heterocycles. The molecular weight excluding hydrogens is 371 g/mol. The number of rotatable bonds is 6. The maximum atomic E-state index is 14.3. The summed E-state index contributed by atoms with van der Waals surface area (Å²) in [5.74, 6) is 0.219. The smallest absolute Gasteiger partial charge is 0.280 e. The highest BCUT2D eigenvalue weighted by Crippen LogP contribution is 2.24. The van der Waals surface area contributed by atoms with Gasteiger partial charge in [0.15, 0.2) is 4.80 Å². The number of benzene rings is 2. The SMILES string of the molecule is CCSc1ccccc1C(=O)N=c1sc2cccc(F)c2n1CCOC. The number of halogens is 1. The summed E-state index contributed by atoms with van der Waals surface area (Å²) in [6, 6.07) is 12.3. The fourth-order valence-electron chi connectivity index (χ4n) is 2.63. The summed E-state index contributed by atoms with van der Waals surface area (Å²) in [7, 11) is 1.59. The Balaban J connectivity index is 2.12. The lowest BCUT2D eigenvalue weighted by Crippen LogP contribution is -2.20. The number of fused-ring (bicyclic) bond motifs is 1. The first-order chi connectivity index (χ1) is 12.7. The molecule has 1 amide bonds. The average molecular weight is 391 g/mol. The summed E-state index contributed by atoms with van der Waals surface area (Å²) in [6.45, 7) is 2.87. The molecule has 0 fully saturated rings. The van der Waals surface area contributed by atoms with Crippen molar-refractivity contribution in [2.45, 2.75) is 18.4 Å². The number of thiazole rings is 1. The lowest BCUT2D eigenvalue weighted by atomic mass is 10.2. The van der Waals surface area contributed by atoms with Crippen molar-refractivity contribution < 1.29 is 13.9 Å². The number of thioether (sulfide) groups is 1. The standard InChI is InChI=1S/C19H19FN2O2S2/c1-3-25-15-9-5-4-7-13(15)18(23)21-19-22(11-12-24-2)17-14(20)8-6-10-16(17)26-19/h4-10H,3,11-12H2,1-2H3. The summed E-state index contributed by atoms with van der Waals surface area (Å²) in [4.78, 5) is 18.5. The molecule has 0 saturated heterocycles. The number of aromatic nitrogens is 1. The fourth-order valence-corrected chi connectivity index (χ4v) is 4.50. The van der Waals surface area contributed by atoms with E-state index >= 15 is 0 Å². The van der Waals surface area contributed by atoms with E-state index in [-0.39, 0.29) is 11.7 Å². The van der Waals surface area contributed by atoms with Crippen LogP contribution in [0, 0.1) is 5.82 Å². The van der Waals surface area contributed by atoms with E-state index in [1.165, 1.54) is 17.4 Å². The van der Waals surface area contributed by atoms with Gasteiger partial charge in [-0.1, -0.05) is 36.5 Å². The van der Waals surface area contributed by atoms with Gasteiger partial charge < -0.3 is 9.30 Å². The van der Waals surface area contributed by atoms with E-state index in [1.54, 1.807) is 35.6 Å². The Morgan fingerprint density at radius 1 is 1.27 bits per heavy atom. The summed E-state index contributed by atoms with van der Waals surface area (Å²) >= 11 is 2.91. The van der Waals surface area contributed by atoms with Crippen molar-refractivity contribution in [2.75, 3.05) is 19.5 Å². The second-order valence-electron chi connectivity index (χ2n) is 5.46. The number of hydrogen-bond donors (Lipinski definition) is 0. The van der Waals surface area contributed by atoms with Crippen LogP contribution in [-0.4, -0.2) is 29.9 Å². The minimum Gasteiger partial charge on any atom is -0.383 e. The maximum absolute atomic E-state index is 14.3. The zero-order valence-corrected chi connectivity index (χ0v) is 16.2. The van der Waals surface area contributed by atoms with E-state index in [0.717, 1.165) is 15.3 Å². The molecular formula is C19H19FN2O2S2. The second-order valence-corrected chi connectivity index (χ2v) is 7.78. The highest BCUT2D eigenvalue weighted by Gasteiger charge is 2.14. The molecule has 0 atom stereocenters. The Labute approximate surface area is 159 Å². The van der Waals surface area contributed by atoms with Crippen LogP contribution in [0.15, 0.2) is 52.4 Å². The van der Waals surface area contributed by atoms with Gasteiger partial charge in [-0.3, -0.25) is 4.79 Å². The summed E-state index contributed by atoms with van der Waals surface area (Å²) < 4.78 is 21.9. The van der Waals surface area contributed by atoms with Gasteiger partial charge in [-0.25, -0.2) is 4.39 Å². The molecule has 26 heavy (non-hydrogen) atoms. The molecule has 3 rings (SSSR count). The molecule has 7 heteroatoms. The zero-order valence-electron chi connectivity index (χ0n) is 14.6. The molecule has 2 aromatic carbocycles. The third-order valence-corrected chi connectivity index (χ3v) is 5.78. The lowest BCUT2D eigenvalue weighted by molar-refractivity contribution is 0.0994. The highest BCUT2D eigenvalue weighted by molar-refractivity contribution is 7.99. The van der Waals surface area contributed by atoms with Crippen LogP contribution in [0.25, 0.3) is 10.2 Å². The third-order valence-electron chi connectivity index (χ3n) is 3.79. The van der Waals surface area contributed by atoms with Gasteiger partial charge in [0, 0.05) is 18.6 Å². The Morgan fingerprint density at radius 3 is 2.85 bits per heavy atom. The van der Waals surface area contributed by atoms with E-state index in [1.807, 2.05) is 31.2 Å². The number of amides is 1. The van der Waals surface area contributed by atoms with Crippen molar-refractivity contribution in [1.29, 1.82) is 0 Å². The molecule has 0 unspecified atom stereocenters. The quantitative estimate of drug-likeness (QED) is 0.588. The van der Waals surface area contributed by atoms with Gasteiger partial charge in [-0.2, -0.15) is 4.99 Å². The van der Waals surface area contributed by atoms with Gasteiger partial charge in [0.25, 0.3) is 5.91 Å². The Kier molecular flexibility index (Phi) is 6.24. The number of carbonyl (C=O) groups excluding carboxylic acids is 1. The van der Waals surface area contributed by atoms with Gasteiger partial charge in [-0.05, 0) is 30.0 Å². The molecule has 1 heterocycles. The van der Waals surface area contributed by atoms with Crippen molar-refractivity contribution in [3.63, 3.8) is 0 Å². The van der Waals surface area contributed by atoms with E-state index < -0.39 is 0 Å². The van der Waals surface area contributed by atoms with E-state index in [4.69, 9.17) is 4.74 Å². The van der Waals surface area contributed by atoms with Crippen LogP contribution in [-0.2, 0) is 11.3 Å². The number of para-hydroxylation sites is 1. The minimum absolute atomic E-state index is 0.320. The van der Waals surface area contributed by atoms with Crippen molar-refractivity contribution in [3.05, 3.63) is 58.6 Å². The number of hydrogen-bond acceptors (Lipinski definition) is 4. The van der Waals surface area contributed by atoms with E-state index in [2.05, 4.69) is 4.99 Å². The molecule has 0 aliphatic carbocycles. The van der Waals surface area contributed by atoms with Crippen LogP contribution >= 0.6 is 23.1 Å². The van der Waals surface area contributed by atoms with Gasteiger partial charge >= 0.3 is 0 Å². The first-order valence-electron chi connectivity index (χ1n) is 8.23. The molecule has 136 valence electrons. The average Bonchev–Trinajstić information content (AvgIpc) is 2.99. The molecule has 0 saturated carbocycles. The van der Waals surface area contributed by atoms with Crippen LogP contribution in [0.2, 0.25) is 0 Å². The first-order valence-corrected chi connectivity index (χ1v) is 10.0. The molecule has 0 spiro atoms. The van der Waals surface area contributed by atoms with Crippen LogP contribution in [0.3, 0.4) is 0 Å². The summed E-state index contributed by atoms with van der Waals surface area (Å²) in [5, 5.41) is 0. The van der Waals surface area contributed by atoms with Crippen molar-refractivity contribution in [1.82, 2.24) is 4.57 Å². The molecule has 0 radical (unpaired) electrons. The van der Waals surface area contributed by atoms with Gasteiger partial charge in [0.1, 0.15) is 5.82 Å². The van der Waals surface area contributed by atoms with Crippen LogP contribution in [0.5, 0.6) is 0 Å². The largest absolute Gasteiger partial charge is 0.383 e. The monoisotopic (exact) mass is 390 g/mol. The zero-order chi connectivity index (χ0) is 18.5. The minimum atomic E-state index is -0.328. The number of ether oxygens (including phenoxy) is 1. The molecule has 4 nitrogen and oxygen atoms in total. The van der Waals surface area contributed by atoms with Crippen LogP contribution in [0.4, 0.5) is 4.39 Å². The molecule has 3 aromatic rings. The molecule has 0 aliphatic rings. The number of nitrogens with zero attached hydrogens (tertiary/aromatic N) is 2. The van der Waals surface area contributed by atoms with E-state index in [9.17, 15) is 9.18 Å². The number of methoxy groups -OCH3 is 1. The lowest BCUT2D eigenvalue weighted by Gasteiger charge is -2.06. The molecule has 0 aliphatic heterocycles. The van der Waals surface area contributed by atoms with Crippen molar-refractivity contribution in [3.8, 4) is 0 Å². The molecule has 0 N–H and O–H groups in total. The topological polar surface area (TPSA) is 43.6 Å². The fraction of sp³-hybridized carbons (Fsp3) is 0.263. The summed E-state index contributed by atoms with van der Waals surface area (Å²) in [6.07, 6.45) is 0. The van der Waals surface area contributed by atoms with E-state index in [0.29, 0.717) is 29.0 Å². The first kappa shape index (κ1) is 18.8. The molecule has 0 bridgehead atoms. The van der Waals surface area contributed by atoms with Crippen LogP contribution < -0.4 is 4.80 Å². The Hall–Kier alpha value is -1.96. The normalized spacial score (nSPS) is 12.0. The Morgan fingerprint density at radius 2 is 2.08 bits per heavy atom. The van der Waals surface area contributed by atoms with Gasteiger partial charge in [0.2, 0.25) is 0 Å². The third kappa shape index (κ3) is 3.90. The predicted molar refractivity (Wildman–Crippen MR) is 104 cm³/mol. The van der Waals surface area contributed by atoms with Crippen LogP contribution in [0.1, 0.15) is 17.3 Å². The van der Waals surface area contributed by atoms with Crippen molar-refractivity contribution >= 4 is 39.2 Å².